The number of aromatic nitrogens is 2. The molecule has 0 saturated carbocycles. The lowest BCUT2D eigenvalue weighted by Crippen LogP contribution is -2.34. The number of thiophene rings is 1. The van der Waals surface area contributed by atoms with Crippen molar-refractivity contribution >= 4 is 45.0 Å². The Morgan fingerprint density at radius 3 is 2.68 bits per heavy atom. The second kappa shape index (κ2) is 7.93. The molecule has 0 atom stereocenters. The van der Waals surface area contributed by atoms with E-state index in [0.717, 1.165) is 21.5 Å². The topological polar surface area (TPSA) is 73.2 Å². The molecule has 3 aromatic rings. The van der Waals surface area contributed by atoms with Gasteiger partial charge < -0.3 is 10.1 Å². The second-order valence-corrected chi connectivity index (χ2v) is 8.87. The number of esters is 1. The van der Waals surface area contributed by atoms with E-state index in [1.54, 1.807) is 26.8 Å². The van der Waals surface area contributed by atoms with E-state index in [2.05, 4.69) is 10.4 Å². The molecule has 28 heavy (non-hydrogen) atoms. The predicted molar refractivity (Wildman–Crippen MR) is 111 cm³/mol. The van der Waals surface area contributed by atoms with Gasteiger partial charge in [0, 0.05) is 10.4 Å². The van der Waals surface area contributed by atoms with Crippen LogP contribution < -0.4 is 5.32 Å². The van der Waals surface area contributed by atoms with Crippen LogP contribution in [0.15, 0.2) is 30.3 Å². The highest BCUT2D eigenvalue weighted by Gasteiger charge is 2.20. The molecule has 8 heteroatoms. The van der Waals surface area contributed by atoms with Crippen molar-refractivity contribution in [1.82, 2.24) is 15.1 Å². The molecule has 0 fully saturated rings. The van der Waals surface area contributed by atoms with E-state index in [9.17, 15) is 9.59 Å². The van der Waals surface area contributed by atoms with Gasteiger partial charge >= 0.3 is 5.97 Å². The fourth-order valence-electron chi connectivity index (χ4n) is 2.74. The van der Waals surface area contributed by atoms with E-state index >= 15 is 0 Å². The number of nitrogens with one attached hydrogen (secondary N) is 1. The van der Waals surface area contributed by atoms with Crippen molar-refractivity contribution < 1.29 is 14.3 Å². The van der Waals surface area contributed by atoms with Gasteiger partial charge in [-0.15, -0.1) is 11.3 Å². The molecular formula is C20H22ClN3O3S. The van der Waals surface area contributed by atoms with Gasteiger partial charge in [-0.1, -0.05) is 29.8 Å². The minimum Gasteiger partial charge on any atom is -0.459 e. The first-order chi connectivity index (χ1) is 13.1. The molecule has 1 amide bonds. The molecule has 0 bridgehead atoms. The average Bonchev–Trinajstić information content (AvgIpc) is 3.15. The fraction of sp³-hybridized carbons (Fsp3) is 0.350. The number of fused-ring (bicyclic) bond motifs is 1. The van der Waals surface area contributed by atoms with Crippen LogP contribution in [0.25, 0.3) is 10.2 Å². The SMILES string of the molecule is Cc1nn(Cc2ccccc2Cl)c2sc(C(=O)NCC(=O)OC(C)(C)C)cc12. The summed E-state index contributed by atoms with van der Waals surface area (Å²) in [6.45, 7) is 7.60. The zero-order chi connectivity index (χ0) is 20.5. The van der Waals surface area contributed by atoms with Crippen molar-refractivity contribution in [3.63, 3.8) is 0 Å². The highest BCUT2D eigenvalue weighted by atomic mass is 35.5. The molecule has 6 nitrogen and oxygen atoms in total. The molecule has 3 rings (SSSR count). The Kier molecular flexibility index (Phi) is 5.76. The Hall–Kier alpha value is -2.38. The summed E-state index contributed by atoms with van der Waals surface area (Å²) in [6.07, 6.45) is 0. The van der Waals surface area contributed by atoms with E-state index in [0.29, 0.717) is 16.4 Å². The standard InChI is InChI=1S/C20H22ClN3O3S/c1-12-14-9-16(18(26)22-10-17(25)27-20(2,3)4)28-19(14)24(23-12)11-13-7-5-6-8-15(13)21/h5-9H,10-11H2,1-4H3,(H,22,26). The molecule has 0 saturated heterocycles. The second-order valence-electron chi connectivity index (χ2n) is 7.43. The van der Waals surface area contributed by atoms with Crippen LogP contribution in [0.4, 0.5) is 0 Å². The van der Waals surface area contributed by atoms with Crippen LogP contribution in [0.5, 0.6) is 0 Å². The van der Waals surface area contributed by atoms with E-state index in [4.69, 9.17) is 16.3 Å². The quantitative estimate of drug-likeness (QED) is 0.629. The molecule has 0 spiro atoms. The van der Waals surface area contributed by atoms with E-state index in [-0.39, 0.29) is 12.5 Å². The Balaban J connectivity index is 1.76. The number of nitrogens with zero attached hydrogens (tertiary/aromatic N) is 2. The third kappa shape index (κ3) is 4.72. The molecule has 0 aliphatic rings. The maximum absolute atomic E-state index is 12.5. The van der Waals surface area contributed by atoms with Gasteiger partial charge in [0.1, 0.15) is 17.0 Å². The van der Waals surface area contributed by atoms with Crippen molar-refractivity contribution in [2.24, 2.45) is 0 Å². The third-order valence-corrected chi connectivity index (χ3v) is 5.44. The van der Waals surface area contributed by atoms with Crippen molar-refractivity contribution in [3.8, 4) is 0 Å². The molecule has 0 aliphatic heterocycles. The Bertz CT molecular complexity index is 1030. The van der Waals surface area contributed by atoms with Crippen molar-refractivity contribution in [1.29, 1.82) is 0 Å². The smallest absolute Gasteiger partial charge is 0.325 e. The monoisotopic (exact) mass is 419 g/mol. The zero-order valence-electron chi connectivity index (χ0n) is 16.2. The number of amides is 1. The number of rotatable bonds is 5. The summed E-state index contributed by atoms with van der Waals surface area (Å²) in [7, 11) is 0. The van der Waals surface area contributed by atoms with Crippen LogP contribution in [0.1, 0.15) is 41.7 Å². The van der Waals surface area contributed by atoms with Gasteiger partial charge in [0.15, 0.2) is 0 Å². The minimum absolute atomic E-state index is 0.172. The van der Waals surface area contributed by atoms with Crippen LogP contribution >= 0.6 is 22.9 Å². The molecular weight excluding hydrogens is 398 g/mol. The lowest BCUT2D eigenvalue weighted by molar-refractivity contribution is -0.153. The van der Waals surface area contributed by atoms with Crippen molar-refractivity contribution in [3.05, 3.63) is 51.5 Å². The fourth-order valence-corrected chi connectivity index (χ4v) is 4.01. The molecule has 1 N–H and O–H groups in total. The molecule has 0 radical (unpaired) electrons. The van der Waals surface area contributed by atoms with Gasteiger partial charge in [0.05, 0.1) is 17.1 Å². The number of carbonyl (C=O) groups is 2. The molecule has 0 unspecified atom stereocenters. The predicted octanol–water partition coefficient (Wildman–Crippen LogP) is 4.18. The summed E-state index contributed by atoms with van der Waals surface area (Å²) >= 11 is 7.59. The number of hydrogen-bond acceptors (Lipinski definition) is 5. The Morgan fingerprint density at radius 2 is 2.00 bits per heavy atom. The van der Waals surface area contributed by atoms with Gasteiger partial charge in [0.25, 0.3) is 5.91 Å². The molecule has 148 valence electrons. The highest BCUT2D eigenvalue weighted by molar-refractivity contribution is 7.20. The average molecular weight is 420 g/mol. The number of halogens is 1. The summed E-state index contributed by atoms with van der Waals surface area (Å²) in [5, 5.41) is 8.77. The van der Waals surface area contributed by atoms with Gasteiger partial charge in [-0.25, -0.2) is 0 Å². The first-order valence-corrected chi connectivity index (χ1v) is 10.0. The van der Waals surface area contributed by atoms with Gasteiger partial charge in [0.2, 0.25) is 0 Å². The number of hydrogen-bond donors (Lipinski definition) is 1. The lowest BCUT2D eigenvalue weighted by atomic mass is 10.2. The number of aryl methyl sites for hydroxylation is 1. The number of carbonyl (C=O) groups excluding carboxylic acids is 2. The third-order valence-electron chi connectivity index (χ3n) is 3.92. The number of benzene rings is 1. The summed E-state index contributed by atoms with van der Waals surface area (Å²) in [6, 6.07) is 9.41. The van der Waals surface area contributed by atoms with Crippen LogP contribution in [0, 0.1) is 6.92 Å². The molecule has 1 aromatic carbocycles. The summed E-state index contributed by atoms with van der Waals surface area (Å²) in [5.41, 5.74) is 1.21. The Morgan fingerprint density at radius 1 is 1.29 bits per heavy atom. The van der Waals surface area contributed by atoms with Gasteiger partial charge in [-0.3, -0.25) is 14.3 Å². The van der Waals surface area contributed by atoms with Crippen LogP contribution in [0.3, 0.4) is 0 Å². The Labute approximate surface area is 172 Å². The van der Waals surface area contributed by atoms with E-state index < -0.39 is 11.6 Å². The van der Waals surface area contributed by atoms with E-state index in [1.807, 2.05) is 35.9 Å². The van der Waals surface area contributed by atoms with Crippen LogP contribution in [-0.4, -0.2) is 33.8 Å². The highest BCUT2D eigenvalue weighted by Crippen LogP contribution is 2.29. The summed E-state index contributed by atoms with van der Waals surface area (Å²) in [5.74, 6) is -0.779. The largest absolute Gasteiger partial charge is 0.459 e. The van der Waals surface area contributed by atoms with Crippen molar-refractivity contribution in [2.75, 3.05) is 6.54 Å². The first-order valence-electron chi connectivity index (χ1n) is 8.84. The van der Waals surface area contributed by atoms with Gasteiger partial charge in [-0.2, -0.15) is 5.10 Å². The molecule has 2 aromatic heterocycles. The van der Waals surface area contributed by atoms with Crippen molar-refractivity contribution in [2.45, 2.75) is 39.8 Å². The maximum Gasteiger partial charge on any atom is 0.325 e. The van der Waals surface area contributed by atoms with Crippen LogP contribution in [0.2, 0.25) is 5.02 Å². The minimum atomic E-state index is -0.585. The van der Waals surface area contributed by atoms with E-state index in [1.165, 1.54) is 11.3 Å². The number of ether oxygens (including phenoxy) is 1. The van der Waals surface area contributed by atoms with Gasteiger partial charge in [-0.05, 0) is 45.4 Å². The zero-order valence-corrected chi connectivity index (χ0v) is 17.8. The molecule has 0 aliphatic carbocycles. The molecule has 2 heterocycles. The van der Waals surface area contributed by atoms with Crippen LogP contribution in [-0.2, 0) is 16.1 Å². The lowest BCUT2D eigenvalue weighted by Gasteiger charge is -2.19. The maximum atomic E-state index is 12.5. The normalized spacial score (nSPS) is 11.6. The summed E-state index contributed by atoms with van der Waals surface area (Å²) < 4.78 is 7.06. The summed E-state index contributed by atoms with van der Waals surface area (Å²) in [4.78, 5) is 25.7. The first kappa shape index (κ1) is 20.4.